The lowest BCUT2D eigenvalue weighted by atomic mass is 9.59. The number of hydrogen-bond acceptors (Lipinski definition) is 1. The number of fused-ring (bicyclic) bond motifs is 1. The Labute approximate surface area is 251 Å². The summed E-state index contributed by atoms with van der Waals surface area (Å²) in [5.41, 5.74) is 12.6. The van der Waals surface area contributed by atoms with Crippen molar-refractivity contribution in [3.63, 3.8) is 0 Å². The van der Waals surface area contributed by atoms with Gasteiger partial charge in [-0.1, -0.05) is 123 Å². The number of allylic oxidation sites excluding steroid dienone is 17. The van der Waals surface area contributed by atoms with Crippen LogP contribution in [0.25, 0.3) is 0 Å². The Balaban J connectivity index is 1.24. The first-order valence-corrected chi connectivity index (χ1v) is 16.7. The monoisotopic (exact) mass is 545 g/mol. The molecule has 1 aliphatic heterocycles. The van der Waals surface area contributed by atoms with E-state index in [1.807, 2.05) is 0 Å². The molecule has 0 aromatic carbocycles. The van der Waals surface area contributed by atoms with Crippen molar-refractivity contribution < 1.29 is 0 Å². The lowest BCUT2D eigenvalue weighted by Crippen LogP contribution is -2.41. The van der Waals surface area contributed by atoms with Gasteiger partial charge in [-0.15, -0.1) is 0 Å². The molecule has 0 aromatic rings. The lowest BCUT2D eigenvalue weighted by molar-refractivity contribution is 0.343. The third-order valence-electron chi connectivity index (χ3n) is 9.81. The zero-order chi connectivity index (χ0) is 28.6. The topological polar surface area (TPSA) is 12.0 Å². The molecule has 4 aliphatic carbocycles. The second-order valence-electron chi connectivity index (χ2n) is 12.9. The Hall–Kier alpha value is -2.58. The maximum atomic E-state index is 4.10. The molecule has 5 aliphatic rings. The average Bonchev–Trinajstić information content (AvgIpc) is 3.38. The molecule has 41 heavy (non-hydrogen) atoms. The fraction of sp³-hybridized carbons (Fsp3) is 0.487. The van der Waals surface area contributed by atoms with Crippen molar-refractivity contribution in [3.8, 4) is 0 Å². The highest BCUT2D eigenvalue weighted by molar-refractivity contribution is 6.58. The highest BCUT2D eigenvalue weighted by atomic mass is 14.9. The van der Waals surface area contributed by atoms with Crippen LogP contribution in [0.4, 0.5) is 0 Å². The first-order chi connectivity index (χ1) is 20.1. The summed E-state index contributed by atoms with van der Waals surface area (Å²) in [6.45, 7) is 9.22. The van der Waals surface area contributed by atoms with Gasteiger partial charge in [0.2, 0.25) is 0 Å². The van der Waals surface area contributed by atoms with E-state index in [0.29, 0.717) is 23.9 Å². The second-order valence-corrected chi connectivity index (χ2v) is 12.9. The summed E-state index contributed by atoms with van der Waals surface area (Å²) in [4.78, 5) is 0. The van der Waals surface area contributed by atoms with Crippen LogP contribution in [0.1, 0.15) is 98.3 Å². The Morgan fingerprint density at radius 3 is 2.83 bits per heavy atom. The van der Waals surface area contributed by atoms with Crippen molar-refractivity contribution in [2.45, 2.75) is 110 Å². The van der Waals surface area contributed by atoms with Gasteiger partial charge in [0.25, 0.3) is 0 Å². The molecular formula is C39H52BN. The number of nitrogens with one attached hydrogen (secondary N) is 1. The van der Waals surface area contributed by atoms with Gasteiger partial charge in [0, 0.05) is 12.1 Å². The molecule has 0 saturated heterocycles. The number of hydrogen-bond donors (Lipinski definition) is 1. The van der Waals surface area contributed by atoms with Crippen LogP contribution in [-0.4, -0.2) is 19.4 Å². The lowest BCUT2D eigenvalue weighted by Gasteiger charge is -2.34. The summed E-state index contributed by atoms with van der Waals surface area (Å²) >= 11 is 0. The maximum Gasteiger partial charge on any atom is 0.189 e. The SMILES string of the molecule is CC/C=C\C=C/C(C)[C@H]1C=C(/C(C)=C/CCCC)C[C@@H](N[C@H]2C=CC(C3=CCCC4=C3BC3=C4C=CCC3)=CC2)C1. The first-order valence-electron chi connectivity index (χ1n) is 16.7. The van der Waals surface area contributed by atoms with Gasteiger partial charge in [0.05, 0.1) is 0 Å². The van der Waals surface area contributed by atoms with E-state index >= 15 is 0 Å². The van der Waals surface area contributed by atoms with Crippen LogP contribution in [0, 0.1) is 11.8 Å². The zero-order valence-corrected chi connectivity index (χ0v) is 26.2. The van der Waals surface area contributed by atoms with Gasteiger partial charge in [-0.2, -0.15) is 0 Å². The molecule has 5 rings (SSSR count). The van der Waals surface area contributed by atoms with Crippen molar-refractivity contribution in [1.29, 1.82) is 0 Å². The van der Waals surface area contributed by atoms with Gasteiger partial charge in [-0.05, 0) is 104 Å². The fourth-order valence-electron chi connectivity index (χ4n) is 7.37. The molecule has 0 aromatic heterocycles. The Morgan fingerprint density at radius 1 is 1.12 bits per heavy atom. The van der Waals surface area contributed by atoms with Crippen LogP contribution >= 0.6 is 0 Å². The first kappa shape index (κ1) is 29.9. The van der Waals surface area contributed by atoms with Crippen LogP contribution in [-0.2, 0) is 0 Å². The van der Waals surface area contributed by atoms with E-state index < -0.39 is 0 Å². The van der Waals surface area contributed by atoms with Gasteiger partial charge < -0.3 is 5.32 Å². The largest absolute Gasteiger partial charge is 0.307 e. The van der Waals surface area contributed by atoms with Crippen LogP contribution < -0.4 is 5.32 Å². The van der Waals surface area contributed by atoms with Crippen molar-refractivity contribution in [2.75, 3.05) is 0 Å². The maximum absolute atomic E-state index is 4.10. The molecule has 1 unspecified atom stereocenters. The van der Waals surface area contributed by atoms with Gasteiger partial charge in [-0.25, -0.2) is 0 Å². The van der Waals surface area contributed by atoms with E-state index in [-0.39, 0.29) is 0 Å². The summed E-state index contributed by atoms with van der Waals surface area (Å²) in [6, 6.07) is 0.934. The molecule has 4 atom stereocenters. The minimum Gasteiger partial charge on any atom is -0.307 e. The highest BCUT2D eigenvalue weighted by Crippen LogP contribution is 2.43. The minimum atomic E-state index is 0.418. The Morgan fingerprint density at radius 2 is 2.02 bits per heavy atom. The van der Waals surface area contributed by atoms with Gasteiger partial charge in [-0.3, -0.25) is 0 Å². The molecule has 0 amide bonds. The number of unbranched alkanes of at least 4 members (excludes halogenated alkanes) is 2. The smallest absolute Gasteiger partial charge is 0.189 e. The molecule has 0 radical (unpaired) electrons. The van der Waals surface area contributed by atoms with E-state index in [2.05, 4.69) is 106 Å². The fourth-order valence-corrected chi connectivity index (χ4v) is 7.37. The molecular weight excluding hydrogens is 493 g/mol. The molecule has 2 heteroatoms. The molecule has 0 bridgehead atoms. The van der Waals surface area contributed by atoms with E-state index in [0.717, 1.165) is 19.3 Å². The van der Waals surface area contributed by atoms with Crippen molar-refractivity contribution in [2.24, 2.45) is 11.8 Å². The minimum absolute atomic E-state index is 0.418. The summed E-state index contributed by atoms with van der Waals surface area (Å²) in [7, 11) is 1.18. The molecule has 0 saturated carbocycles. The average molecular weight is 546 g/mol. The van der Waals surface area contributed by atoms with Crippen LogP contribution in [0.5, 0.6) is 0 Å². The van der Waals surface area contributed by atoms with E-state index in [1.54, 1.807) is 27.7 Å². The van der Waals surface area contributed by atoms with Gasteiger partial charge in [0.1, 0.15) is 0 Å². The molecule has 0 fully saturated rings. The molecule has 216 valence electrons. The van der Waals surface area contributed by atoms with E-state index in [1.165, 1.54) is 75.4 Å². The molecule has 1 N–H and O–H groups in total. The predicted molar refractivity (Wildman–Crippen MR) is 181 cm³/mol. The third kappa shape index (κ3) is 7.45. The van der Waals surface area contributed by atoms with Gasteiger partial charge >= 0.3 is 0 Å². The van der Waals surface area contributed by atoms with Crippen LogP contribution in [0.3, 0.4) is 0 Å². The quantitative estimate of drug-likeness (QED) is 0.155. The Kier molecular flexibility index (Phi) is 10.6. The normalized spacial score (nSPS) is 27.2. The summed E-state index contributed by atoms with van der Waals surface area (Å²) in [5.74, 6) is 1.11. The predicted octanol–water partition coefficient (Wildman–Crippen LogP) is 9.86. The highest BCUT2D eigenvalue weighted by Gasteiger charge is 2.31. The van der Waals surface area contributed by atoms with Crippen molar-refractivity contribution >= 4 is 7.28 Å². The van der Waals surface area contributed by atoms with E-state index in [9.17, 15) is 0 Å². The second kappa shape index (κ2) is 14.5. The van der Waals surface area contributed by atoms with Crippen LogP contribution in [0.2, 0.25) is 0 Å². The van der Waals surface area contributed by atoms with E-state index in [4.69, 9.17) is 0 Å². The third-order valence-corrected chi connectivity index (χ3v) is 9.81. The molecule has 0 spiro atoms. The zero-order valence-electron chi connectivity index (χ0n) is 26.2. The summed E-state index contributed by atoms with van der Waals surface area (Å²) in [5, 5.41) is 4.10. The summed E-state index contributed by atoms with van der Waals surface area (Å²) < 4.78 is 0. The number of rotatable bonds is 11. The molecule has 1 nitrogen and oxygen atoms in total. The Bertz CT molecular complexity index is 1270. The van der Waals surface area contributed by atoms with Gasteiger partial charge in [0.15, 0.2) is 7.28 Å². The van der Waals surface area contributed by atoms with Crippen LogP contribution in [0.15, 0.2) is 117 Å². The standard InChI is InChI=1S/C39H52BN/c1-5-7-9-11-16-29(4)32-25-31(28(3)15-10-8-6-2)26-34(27-32)41-33-23-21-30(22-24-33)35-18-14-19-37-36-17-12-13-20-38(36)40-39(35)37/h7,9,11-12,15-18,21-23,25,29,32-34,40-41H,5-6,8,10,13-14,19-20,24,26-27H2,1-4H3/b9-7-,16-11-,28-15+/t29?,32-,33-,34+/m0/s1. The summed E-state index contributed by atoms with van der Waals surface area (Å²) in [6.07, 6.45) is 42.1. The molecule has 1 heterocycles. The van der Waals surface area contributed by atoms with Crippen molar-refractivity contribution in [1.82, 2.24) is 5.32 Å². The van der Waals surface area contributed by atoms with Crippen molar-refractivity contribution in [3.05, 3.63) is 117 Å².